The van der Waals surface area contributed by atoms with Crippen molar-refractivity contribution >= 4 is 11.6 Å². The van der Waals surface area contributed by atoms with E-state index in [1.807, 2.05) is 30.3 Å². The second kappa shape index (κ2) is 5.58. The van der Waals surface area contributed by atoms with Crippen LogP contribution in [0.3, 0.4) is 0 Å². The van der Waals surface area contributed by atoms with Gasteiger partial charge < -0.3 is 10.2 Å². The van der Waals surface area contributed by atoms with E-state index in [9.17, 15) is 4.79 Å². The third-order valence-corrected chi connectivity index (χ3v) is 5.21. The summed E-state index contributed by atoms with van der Waals surface area (Å²) in [5.41, 5.74) is 4.30. The topological polar surface area (TPSA) is 58.1 Å². The number of likely N-dealkylation sites (tertiary alicyclic amines) is 1. The predicted molar refractivity (Wildman–Crippen MR) is 92.9 cm³/mol. The second-order valence-electron chi connectivity index (χ2n) is 7.35. The molecule has 3 heterocycles. The Labute approximate surface area is 142 Å². The molecule has 0 bridgehead atoms. The van der Waals surface area contributed by atoms with Gasteiger partial charge in [0.2, 0.25) is 0 Å². The molecule has 1 aliphatic carbocycles. The molecule has 0 aromatic carbocycles. The molecule has 0 unspecified atom stereocenters. The van der Waals surface area contributed by atoms with Crippen molar-refractivity contribution in [3.8, 4) is 0 Å². The highest BCUT2D eigenvalue weighted by molar-refractivity contribution is 5.96. The number of nitrogens with one attached hydrogen (secondary N) is 1. The Hall–Kier alpha value is -2.43. The zero-order valence-electron chi connectivity index (χ0n) is 14.1. The number of nitrogens with zero attached hydrogens (tertiary/aromatic N) is 3. The summed E-state index contributed by atoms with van der Waals surface area (Å²) in [6.45, 7) is 5.74. The average Bonchev–Trinajstić information content (AvgIpc) is 2.48. The smallest absolute Gasteiger partial charge is 0.255 e. The van der Waals surface area contributed by atoms with Gasteiger partial charge in [0.05, 0.1) is 11.3 Å². The minimum absolute atomic E-state index is 0.116. The molecule has 2 aromatic rings. The van der Waals surface area contributed by atoms with Crippen LogP contribution in [-0.4, -0.2) is 39.9 Å². The summed E-state index contributed by atoms with van der Waals surface area (Å²) in [5.74, 6) is 0.116. The van der Waals surface area contributed by atoms with Gasteiger partial charge in [-0.15, -0.1) is 0 Å². The lowest BCUT2D eigenvalue weighted by Crippen LogP contribution is -2.66. The van der Waals surface area contributed by atoms with Gasteiger partial charge in [0.1, 0.15) is 0 Å². The van der Waals surface area contributed by atoms with Crippen LogP contribution in [0.2, 0.25) is 0 Å². The van der Waals surface area contributed by atoms with E-state index in [4.69, 9.17) is 0 Å². The fraction of sp³-hybridized carbons (Fsp3) is 0.421. The number of hydrogen-bond donors (Lipinski definition) is 1. The van der Waals surface area contributed by atoms with Crippen LogP contribution in [0, 0.1) is 19.3 Å². The molecule has 0 radical (unpaired) electrons. The van der Waals surface area contributed by atoms with Crippen molar-refractivity contribution in [2.24, 2.45) is 5.41 Å². The predicted octanol–water partition coefficient (Wildman–Crippen LogP) is 2.81. The minimum atomic E-state index is 0.116. The number of pyridine rings is 2. The Bertz CT molecular complexity index is 774. The highest BCUT2D eigenvalue weighted by Gasteiger charge is 2.53. The van der Waals surface area contributed by atoms with E-state index in [2.05, 4.69) is 28.3 Å². The van der Waals surface area contributed by atoms with Crippen molar-refractivity contribution in [2.45, 2.75) is 32.7 Å². The largest absolute Gasteiger partial charge is 0.381 e. The van der Waals surface area contributed by atoms with Crippen molar-refractivity contribution < 1.29 is 4.79 Å². The Morgan fingerprint density at radius 3 is 2.71 bits per heavy atom. The van der Waals surface area contributed by atoms with E-state index < -0.39 is 0 Å². The fourth-order valence-electron chi connectivity index (χ4n) is 3.98. The first-order chi connectivity index (χ1) is 11.5. The Morgan fingerprint density at radius 1 is 1.21 bits per heavy atom. The molecule has 24 heavy (non-hydrogen) atoms. The van der Waals surface area contributed by atoms with Crippen LogP contribution in [0.1, 0.15) is 34.3 Å². The molecule has 0 atom stereocenters. The first-order valence-electron chi connectivity index (χ1n) is 8.43. The summed E-state index contributed by atoms with van der Waals surface area (Å²) >= 11 is 0. The molecule has 5 heteroatoms. The Morgan fingerprint density at radius 2 is 2.00 bits per heavy atom. The molecular formula is C19H22N4O. The molecule has 4 rings (SSSR count). The molecule has 2 aromatic heterocycles. The first kappa shape index (κ1) is 15.1. The molecule has 1 amide bonds. The number of rotatable bonds is 3. The summed E-state index contributed by atoms with van der Waals surface area (Å²) in [4.78, 5) is 22.8. The molecule has 124 valence electrons. The highest BCUT2D eigenvalue weighted by atomic mass is 16.2. The highest BCUT2D eigenvalue weighted by Crippen LogP contribution is 2.49. The average molecular weight is 322 g/mol. The first-order valence-corrected chi connectivity index (χ1v) is 8.43. The number of aryl methyl sites for hydroxylation is 2. The molecular weight excluding hydrogens is 300 g/mol. The van der Waals surface area contributed by atoms with Crippen LogP contribution in [0.15, 0.2) is 36.9 Å². The summed E-state index contributed by atoms with van der Waals surface area (Å²) in [6.07, 6.45) is 9.39. The second-order valence-corrected chi connectivity index (χ2v) is 7.35. The third kappa shape index (κ3) is 2.64. The van der Waals surface area contributed by atoms with Crippen molar-refractivity contribution in [1.82, 2.24) is 14.9 Å². The maximum absolute atomic E-state index is 12.5. The van der Waals surface area contributed by atoms with E-state index in [0.29, 0.717) is 11.5 Å². The van der Waals surface area contributed by atoms with Gasteiger partial charge in [-0.1, -0.05) is 0 Å². The summed E-state index contributed by atoms with van der Waals surface area (Å²) in [7, 11) is 0. The summed E-state index contributed by atoms with van der Waals surface area (Å²) in [5, 5.41) is 3.55. The van der Waals surface area contributed by atoms with E-state index >= 15 is 0 Å². The number of amides is 1. The van der Waals surface area contributed by atoms with Crippen LogP contribution in [0.25, 0.3) is 0 Å². The lowest BCUT2D eigenvalue weighted by atomic mass is 9.60. The lowest BCUT2D eigenvalue weighted by Gasteiger charge is -2.59. The van der Waals surface area contributed by atoms with Gasteiger partial charge >= 0.3 is 0 Å². The van der Waals surface area contributed by atoms with Crippen molar-refractivity contribution in [3.63, 3.8) is 0 Å². The minimum Gasteiger partial charge on any atom is -0.381 e. The van der Waals surface area contributed by atoms with Gasteiger partial charge in [-0.2, -0.15) is 0 Å². The zero-order chi connectivity index (χ0) is 16.7. The van der Waals surface area contributed by atoms with E-state index in [1.165, 1.54) is 5.56 Å². The van der Waals surface area contributed by atoms with Crippen molar-refractivity contribution in [2.75, 3.05) is 18.4 Å². The van der Waals surface area contributed by atoms with Crippen LogP contribution < -0.4 is 5.32 Å². The number of aromatic nitrogens is 2. The Balaban J connectivity index is 1.31. The summed E-state index contributed by atoms with van der Waals surface area (Å²) in [6, 6.07) is 4.51. The van der Waals surface area contributed by atoms with Gasteiger partial charge in [-0.25, -0.2) is 0 Å². The van der Waals surface area contributed by atoms with Gasteiger partial charge in [0.15, 0.2) is 0 Å². The monoisotopic (exact) mass is 322 g/mol. The number of hydrogen-bond acceptors (Lipinski definition) is 4. The van der Waals surface area contributed by atoms with Gasteiger partial charge in [-0.05, 0) is 49.9 Å². The van der Waals surface area contributed by atoms with Crippen molar-refractivity contribution in [3.05, 3.63) is 53.6 Å². The van der Waals surface area contributed by atoms with Crippen molar-refractivity contribution in [1.29, 1.82) is 0 Å². The van der Waals surface area contributed by atoms with E-state index in [0.717, 1.165) is 42.7 Å². The van der Waals surface area contributed by atoms with Crippen LogP contribution in [0.5, 0.6) is 0 Å². The third-order valence-electron chi connectivity index (χ3n) is 5.21. The van der Waals surface area contributed by atoms with Crippen LogP contribution >= 0.6 is 0 Å². The fourth-order valence-corrected chi connectivity index (χ4v) is 3.98. The van der Waals surface area contributed by atoms with Gasteiger partial charge in [0.25, 0.3) is 5.91 Å². The molecule has 1 aliphatic heterocycles. The summed E-state index contributed by atoms with van der Waals surface area (Å²) < 4.78 is 0. The number of carbonyl (C=O) groups excluding carboxylic acids is 1. The van der Waals surface area contributed by atoms with E-state index in [-0.39, 0.29) is 5.91 Å². The number of carbonyl (C=O) groups is 1. The lowest BCUT2D eigenvalue weighted by molar-refractivity contribution is -0.0492. The molecule has 1 N–H and O–H groups in total. The molecule has 1 saturated heterocycles. The molecule has 2 fully saturated rings. The van der Waals surface area contributed by atoms with Crippen LogP contribution in [0.4, 0.5) is 5.69 Å². The molecule has 5 nitrogen and oxygen atoms in total. The quantitative estimate of drug-likeness (QED) is 0.944. The normalized spacial score (nSPS) is 18.8. The standard InChI is InChI=1S/C19H22N4O/c1-13-5-15(9-21-8-13)22-16-6-19(7-16)11-23(12-19)18(24)17-10-20-4-3-14(17)2/h3-5,8-10,16,22H,6-7,11-12H2,1-2H3. The van der Waals surface area contributed by atoms with Gasteiger partial charge in [-0.3, -0.25) is 14.8 Å². The zero-order valence-corrected chi connectivity index (χ0v) is 14.1. The van der Waals surface area contributed by atoms with E-state index in [1.54, 1.807) is 12.4 Å². The molecule has 1 spiro atoms. The maximum Gasteiger partial charge on any atom is 0.255 e. The molecule has 2 aliphatic rings. The number of anilines is 1. The molecule has 1 saturated carbocycles. The SMILES string of the molecule is Cc1cncc(NC2CC3(C2)CN(C(=O)c2cnccc2C)C3)c1. The van der Waals surface area contributed by atoms with Gasteiger partial charge in [0, 0.05) is 49.3 Å². The maximum atomic E-state index is 12.5. The Kier molecular flexibility index (Phi) is 3.52. The van der Waals surface area contributed by atoms with Crippen LogP contribution in [-0.2, 0) is 0 Å².